The van der Waals surface area contributed by atoms with Crippen LogP contribution in [0.25, 0.3) is 0 Å². The number of nitrogens with one attached hydrogen (secondary N) is 2. The summed E-state index contributed by atoms with van der Waals surface area (Å²) in [6.45, 7) is 1.23. The second kappa shape index (κ2) is 5.00. The Labute approximate surface area is 96.6 Å². The predicted octanol–water partition coefficient (Wildman–Crippen LogP) is 2.66. The van der Waals surface area contributed by atoms with Crippen LogP contribution in [0.1, 0.15) is 6.92 Å². The molecule has 0 fully saturated rings. The van der Waals surface area contributed by atoms with Gasteiger partial charge in [-0.3, -0.25) is 10.1 Å². The fourth-order valence-corrected chi connectivity index (χ4v) is 1.41. The number of anilines is 1. The van der Waals surface area contributed by atoms with Crippen molar-refractivity contribution in [1.82, 2.24) is 5.32 Å². The van der Waals surface area contributed by atoms with Crippen LogP contribution in [-0.4, -0.2) is 11.9 Å². The van der Waals surface area contributed by atoms with Gasteiger partial charge in [-0.05, 0) is 12.1 Å². The average Bonchev–Trinajstić information content (AvgIpc) is 2.10. The highest BCUT2D eigenvalue weighted by molar-refractivity contribution is 6.39. The third kappa shape index (κ3) is 3.42. The Morgan fingerprint density at radius 2 is 1.73 bits per heavy atom. The van der Waals surface area contributed by atoms with Crippen molar-refractivity contribution in [3.8, 4) is 0 Å². The first-order valence-corrected chi connectivity index (χ1v) is 4.79. The molecular weight excluding hydrogens is 239 g/mol. The summed E-state index contributed by atoms with van der Waals surface area (Å²) in [7, 11) is 0. The highest BCUT2D eigenvalue weighted by Gasteiger charge is 2.09. The molecule has 0 radical (unpaired) electrons. The first-order valence-electron chi connectivity index (χ1n) is 4.03. The number of halogens is 2. The second-order valence-electron chi connectivity index (χ2n) is 2.73. The number of carbonyl (C=O) groups is 2. The Bertz CT molecular complexity index is 387. The number of hydrogen-bond acceptors (Lipinski definition) is 2. The van der Waals surface area contributed by atoms with Crippen LogP contribution in [0.5, 0.6) is 0 Å². The molecule has 0 aliphatic carbocycles. The quantitative estimate of drug-likeness (QED) is 0.801. The maximum atomic E-state index is 11.2. The molecule has 0 heterocycles. The molecular formula is C9H8Cl2N2O2. The van der Waals surface area contributed by atoms with Crippen LogP contribution in [0.4, 0.5) is 10.5 Å². The topological polar surface area (TPSA) is 58.2 Å². The minimum Gasteiger partial charge on any atom is -0.305 e. The van der Waals surface area contributed by atoms with Crippen molar-refractivity contribution in [2.75, 3.05) is 5.32 Å². The van der Waals surface area contributed by atoms with Gasteiger partial charge in [0.15, 0.2) is 0 Å². The molecule has 1 aromatic rings. The fraction of sp³-hybridized carbons (Fsp3) is 0.111. The van der Waals surface area contributed by atoms with Crippen molar-refractivity contribution in [3.63, 3.8) is 0 Å². The van der Waals surface area contributed by atoms with Gasteiger partial charge in [0.2, 0.25) is 5.91 Å². The molecule has 0 aromatic heterocycles. The number of carbonyl (C=O) groups excluding carboxylic acids is 2. The Morgan fingerprint density at radius 1 is 1.20 bits per heavy atom. The van der Waals surface area contributed by atoms with Gasteiger partial charge in [0.1, 0.15) is 0 Å². The van der Waals surface area contributed by atoms with Crippen LogP contribution in [0.3, 0.4) is 0 Å². The Balaban J connectivity index is 2.80. The molecule has 6 heteroatoms. The lowest BCUT2D eigenvalue weighted by molar-refractivity contribution is -0.117. The summed E-state index contributed by atoms with van der Waals surface area (Å²) >= 11 is 11.6. The van der Waals surface area contributed by atoms with Crippen molar-refractivity contribution in [3.05, 3.63) is 28.2 Å². The summed E-state index contributed by atoms with van der Waals surface area (Å²) in [6.07, 6.45) is 0. The molecule has 0 unspecified atom stereocenters. The van der Waals surface area contributed by atoms with E-state index in [1.54, 1.807) is 18.2 Å². The van der Waals surface area contributed by atoms with Crippen molar-refractivity contribution < 1.29 is 9.59 Å². The zero-order valence-corrected chi connectivity index (χ0v) is 9.32. The summed E-state index contributed by atoms with van der Waals surface area (Å²) in [5.74, 6) is -0.462. The monoisotopic (exact) mass is 246 g/mol. The number of urea groups is 1. The normalized spacial score (nSPS) is 9.53. The minimum atomic E-state index is -0.669. The number of hydrogen-bond donors (Lipinski definition) is 2. The maximum Gasteiger partial charge on any atom is 0.325 e. The van der Waals surface area contributed by atoms with Crippen LogP contribution >= 0.6 is 23.2 Å². The summed E-state index contributed by atoms with van der Waals surface area (Å²) in [5, 5.41) is 5.03. The van der Waals surface area contributed by atoms with Crippen molar-refractivity contribution >= 4 is 40.8 Å². The van der Waals surface area contributed by atoms with E-state index < -0.39 is 11.9 Å². The zero-order chi connectivity index (χ0) is 11.4. The molecule has 0 bridgehead atoms. The molecule has 1 rings (SSSR count). The number of imide groups is 1. The van der Waals surface area contributed by atoms with Crippen molar-refractivity contribution in [2.24, 2.45) is 0 Å². The highest BCUT2D eigenvalue weighted by atomic mass is 35.5. The van der Waals surface area contributed by atoms with Gasteiger partial charge in [-0.15, -0.1) is 0 Å². The zero-order valence-electron chi connectivity index (χ0n) is 7.80. The van der Waals surface area contributed by atoms with E-state index in [9.17, 15) is 9.59 Å². The van der Waals surface area contributed by atoms with Gasteiger partial charge in [0.05, 0.1) is 15.7 Å². The molecule has 3 amide bonds. The van der Waals surface area contributed by atoms with E-state index in [-0.39, 0.29) is 5.69 Å². The van der Waals surface area contributed by atoms with E-state index in [0.717, 1.165) is 0 Å². The molecule has 0 spiro atoms. The Kier molecular flexibility index (Phi) is 3.94. The van der Waals surface area contributed by atoms with Crippen molar-refractivity contribution in [1.29, 1.82) is 0 Å². The third-order valence-corrected chi connectivity index (χ3v) is 2.12. The van der Waals surface area contributed by atoms with Crippen LogP contribution in [0.15, 0.2) is 18.2 Å². The van der Waals surface area contributed by atoms with Gasteiger partial charge in [-0.1, -0.05) is 29.3 Å². The molecule has 0 saturated carbocycles. The van der Waals surface area contributed by atoms with E-state index >= 15 is 0 Å². The van der Waals surface area contributed by atoms with Crippen LogP contribution < -0.4 is 10.6 Å². The smallest absolute Gasteiger partial charge is 0.305 e. The molecule has 80 valence electrons. The van der Waals surface area contributed by atoms with Gasteiger partial charge in [-0.2, -0.15) is 0 Å². The van der Waals surface area contributed by atoms with Crippen LogP contribution in [0, 0.1) is 0 Å². The van der Waals surface area contributed by atoms with Crippen LogP contribution in [0.2, 0.25) is 10.0 Å². The molecule has 4 nitrogen and oxygen atoms in total. The molecule has 2 N–H and O–H groups in total. The number of benzene rings is 1. The van der Waals surface area contributed by atoms with Gasteiger partial charge in [0.25, 0.3) is 0 Å². The SMILES string of the molecule is CC(=O)NC(=O)Nc1c(Cl)cccc1Cl. The first-order chi connectivity index (χ1) is 7.00. The lowest BCUT2D eigenvalue weighted by Crippen LogP contribution is -2.32. The summed E-state index contributed by atoms with van der Waals surface area (Å²) in [5.41, 5.74) is 0.277. The summed E-state index contributed by atoms with van der Waals surface area (Å²) < 4.78 is 0. The summed E-state index contributed by atoms with van der Waals surface area (Å²) in [6, 6.07) is 4.14. The van der Waals surface area contributed by atoms with E-state index in [4.69, 9.17) is 23.2 Å². The lowest BCUT2D eigenvalue weighted by Gasteiger charge is -2.08. The van der Waals surface area contributed by atoms with Gasteiger partial charge < -0.3 is 5.32 Å². The van der Waals surface area contributed by atoms with E-state index in [1.807, 2.05) is 5.32 Å². The predicted molar refractivity (Wildman–Crippen MR) is 59.3 cm³/mol. The van der Waals surface area contributed by atoms with E-state index in [0.29, 0.717) is 10.0 Å². The molecule has 15 heavy (non-hydrogen) atoms. The molecule has 1 aromatic carbocycles. The number of amides is 3. The van der Waals surface area contributed by atoms with Gasteiger partial charge >= 0.3 is 6.03 Å². The average molecular weight is 247 g/mol. The largest absolute Gasteiger partial charge is 0.325 e. The number of rotatable bonds is 1. The van der Waals surface area contributed by atoms with Crippen molar-refractivity contribution in [2.45, 2.75) is 6.92 Å². The van der Waals surface area contributed by atoms with E-state index in [1.165, 1.54) is 6.92 Å². The Hall–Kier alpha value is -1.26. The number of para-hydroxylation sites is 1. The summed E-state index contributed by atoms with van der Waals surface area (Å²) in [4.78, 5) is 21.7. The van der Waals surface area contributed by atoms with Crippen LogP contribution in [-0.2, 0) is 4.79 Å². The molecule has 0 aliphatic heterocycles. The van der Waals surface area contributed by atoms with Gasteiger partial charge in [0, 0.05) is 6.92 Å². The standard InChI is InChI=1S/C9H8Cl2N2O2/c1-5(14)12-9(15)13-8-6(10)3-2-4-7(8)11/h2-4H,1H3,(H2,12,13,14,15). The molecule has 0 saturated heterocycles. The third-order valence-electron chi connectivity index (χ3n) is 1.49. The lowest BCUT2D eigenvalue weighted by atomic mass is 10.3. The Morgan fingerprint density at radius 3 is 2.20 bits per heavy atom. The molecule has 0 aliphatic rings. The fourth-order valence-electron chi connectivity index (χ4n) is 0.922. The van der Waals surface area contributed by atoms with Gasteiger partial charge in [-0.25, -0.2) is 4.79 Å². The minimum absolute atomic E-state index is 0.277. The van der Waals surface area contributed by atoms with E-state index in [2.05, 4.69) is 5.32 Å². The highest BCUT2D eigenvalue weighted by Crippen LogP contribution is 2.29. The molecule has 0 atom stereocenters. The second-order valence-corrected chi connectivity index (χ2v) is 3.55. The first kappa shape index (κ1) is 11.8. The maximum absolute atomic E-state index is 11.2.